The molecule has 3 unspecified atom stereocenters. The van der Waals surface area contributed by atoms with Crippen LogP contribution in [0.5, 0.6) is 0 Å². The van der Waals surface area contributed by atoms with Crippen molar-refractivity contribution in [1.82, 2.24) is 4.98 Å². The van der Waals surface area contributed by atoms with Crippen LogP contribution in [0.4, 0.5) is 0 Å². The molecule has 0 radical (unpaired) electrons. The van der Waals surface area contributed by atoms with E-state index in [4.69, 9.17) is 5.73 Å². The Morgan fingerprint density at radius 2 is 2.33 bits per heavy atom. The van der Waals surface area contributed by atoms with E-state index >= 15 is 0 Å². The first-order chi connectivity index (χ1) is 7.33. The third kappa shape index (κ3) is 2.40. The molecule has 1 saturated carbocycles. The number of hydrogen-bond donors (Lipinski definition) is 1. The predicted octanol–water partition coefficient (Wildman–Crippen LogP) is 3.01. The van der Waals surface area contributed by atoms with Crippen LogP contribution < -0.4 is 5.73 Å². The van der Waals surface area contributed by atoms with Crippen molar-refractivity contribution in [1.29, 1.82) is 0 Å². The summed E-state index contributed by atoms with van der Waals surface area (Å²) < 4.78 is 0. The van der Waals surface area contributed by atoms with Gasteiger partial charge in [-0.1, -0.05) is 26.2 Å². The van der Waals surface area contributed by atoms with Gasteiger partial charge in [-0.3, -0.25) is 0 Å². The number of hydrogen-bond acceptors (Lipinski definition) is 3. The van der Waals surface area contributed by atoms with Gasteiger partial charge in [0.05, 0.1) is 5.01 Å². The Labute approximate surface area is 95.9 Å². The van der Waals surface area contributed by atoms with E-state index in [1.807, 2.05) is 6.20 Å². The van der Waals surface area contributed by atoms with Crippen molar-refractivity contribution in [2.24, 2.45) is 17.6 Å². The molecule has 0 bridgehead atoms. The average molecular weight is 224 g/mol. The van der Waals surface area contributed by atoms with Crippen molar-refractivity contribution < 1.29 is 0 Å². The number of rotatable bonds is 3. The van der Waals surface area contributed by atoms with Crippen LogP contribution in [0.2, 0.25) is 0 Å². The fourth-order valence-corrected chi connectivity index (χ4v) is 3.65. The zero-order valence-electron chi connectivity index (χ0n) is 9.36. The van der Waals surface area contributed by atoms with Crippen molar-refractivity contribution >= 4 is 11.3 Å². The molecule has 2 nitrogen and oxygen atoms in total. The number of nitrogens with two attached hydrogens (primary N) is 1. The molecular formula is C12H20N2S. The lowest BCUT2D eigenvalue weighted by molar-refractivity contribution is 0.218. The molecule has 1 heterocycles. The molecule has 3 atom stereocenters. The van der Waals surface area contributed by atoms with E-state index in [1.165, 1.54) is 30.7 Å². The lowest BCUT2D eigenvalue weighted by Gasteiger charge is -2.33. The predicted molar refractivity (Wildman–Crippen MR) is 65.0 cm³/mol. The van der Waals surface area contributed by atoms with Crippen LogP contribution in [-0.4, -0.2) is 11.5 Å². The Balaban J connectivity index is 2.11. The fourth-order valence-electron chi connectivity index (χ4n) is 2.82. The molecule has 1 aromatic heterocycles. The summed E-state index contributed by atoms with van der Waals surface area (Å²) in [5.74, 6) is 2.08. The third-order valence-corrected chi connectivity index (χ3v) is 4.62. The second-order valence-electron chi connectivity index (χ2n) is 4.64. The molecule has 0 spiro atoms. The van der Waals surface area contributed by atoms with Crippen LogP contribution in [0.3, 0.4) is 0 Å². The van der Waals surface area contributed by atoms with Crippen LogP contribution in [0, 0.1) is 11.8 Å². The smallest absolute Gasteiger partial charge is 0.0971 e. The van der Waals surface area contributed by atoms with E-state index in [0.29, 0.717) is 5.92 Å². The quantitative estimate of drug-likeness (QED) is 0.857. The zero-order valence-corrected chi connectivity index (χ0v) is 10.2. The molecule has 1 aliphatic rings. The summed E-state index contributed by atoms with van der Waals surface area (Å²) in [6, 6.07) is 0. The highest BCUT2D eigenvalue weighted by molar-refractivity contribution is 7.09. The van der Waals surface area contributed by atoms with Crippen molar-refractivity contribution in [2.45, 2.75) is 38.5 Å². The monoisotopic (exact) mass is 224 g/mol. The second-order valence-corrected chi connectivity index (χ2v) is 5.56. The van der Waals surface area contributed by atoms with E-state index in [0.717, 1.165) is 18.4 Å². The third-order valence-electron chi connectivity index (χ3n) is 3.72. The normalized spacial score (nSPS) is 28.9. The lowest BCUT2D eigenvalue weighted by Crippen LogP contribution is -2.28. The van der Waals surface area contributed by atoms with Gasteiger partial charge >= 0.3 is 0 Å². The average Bonchev–Trinajstić information content (AvgIpc) is 2.75. The highest BCUT2D eigenvalue weighted by atomic mass is 32.1. The maximum atomic E-state index is 5.92. The maximum absolute atomic E-state index is 5.92. The van der Waals surface area contributed by atoms with Gasteiger partial charge in [0.2, 0.25) is 0 Å². The molecule has 15 heavy (non-hydrogen) atoms. The molecule has 2 rings (SSSR count). The summed E-state index contributed by atoms with van der Waals surface area (Å²) in [5.41, 5.74) is 5.92. The number of thiazole rings is 1. The van der Waals surface area contributed by atoms with Gasteiger partial charge in [0, 0.05) is 24.0 Å². The molecule has 0 aromatic carbocycles. The topological polar surface area (TPSA) is 38.9 Å². The van der Waals surface area contributed by atoms with Gasteiger partial charge in [-0.25, -0.2) is 4.98 Å². The molecule has 1 fully saturated rings. The van der Waals surface area contributed by atoms with E-state index in [-0.39, 0.29) is 0 Å². The van der Waals surface area contributed by atoms with Crippen LogP contribution in [0.1, 0.15) is 43.5 Å². The maximum Gasteiger partial charge on any atom is 0.0971 e. The number of aromatic nitrogens is 1. The van der Waals surface area contributed by atoms with Crippen LogP contribution in [-0.2, 0) is 0 Å². The first-order valence-corrected chi connectivity index (χ1v) is 6.80. The van der Waals surface area contributed by atoms with Gasteiger partial charge in [-0.2, -0.15) is 0 Å². The highest BCUT2D eigenvalue weighted by Gasteiger charge is 2.30. The molecule has 0 saturated heterocycles. The summed E-state index contributed by atoms with van der Waals surface area (Å²) >= 11 is 1.76. The van der Waals surface area contributed by atoms with Crippen molar-refractivity contribution in [3.8, 4) is 0 Å². The molecule has 1 aliphatic carbocycles. The van der Waals surface area contributed by atoms with Gasteiger partial charge in [0.25, 0.3) is 0 Å². The Morgan fingerprint density at radius 1 is 1.53 bits per heavy atom. The van der Waals surface area contributed by atoms with Crippen molar-refractivity contribution in [3.05, 3.63) is 16.6 Å². The summed E-state index contributed by atoms with van der Waals surface area (Å²) in [6.45, 7) is 3.13. The molecule has 0 aliphatic heterocycles. The molecule has 0 amide bonds. The van der Waals surface area contributed by atoms with E-state index < -0.39 is 0 Å². The van der Waals surface area contributed by atoms with Crippen molar-refractivity contribution in [2.75, 3.05) is 6.54 Å². The molecule has 1 aromatic rings. The molecule has 3 heteroatoms. The largest absolute Gasteiger partial charge is 0.330 e. The Morgan fingerprint density at radius 3 is 2.93 bits per heavy atom. The summed E-state index contributed by atoms with van der Waals surface area (Å²) in [4.78, 5) is 4.44. The molecule has 2 N–H and O–H groups in total. The minimum absolute atomic E-state index is 0.500. The van der Waals surface area contributed by atoms with Gasteiger partial charge < -0.3 is 5.73 Å². The van der Waals surface area contributed by atoms with Gasteiger partial charge in [-0.15, -0.1) is 11.3 Å². The summed E-state index contributed by atoms with van der Waals surface area (Å²) in [6.07, 6.45) is 7.37. The van der Waals surface area contributed by atoms with E-state index in [1.54, 1.807) is 11.3 Å². The van der Waals surface area contributed by atoms with E-state index in [2.05, 4.69) is 17.3 Å². The summed E-state index contributed by atoms with van der Waals surface area (Å²) in [5, 5.41) is 3.31. The number of nitrogens with zero attached hydrogens (tertiary/aromatic N) is 1. The fraction of sp³-hybridized carbons (Fsp3) is 0.750. The van der Waals surface area contributed by atoms with Crippen molar-refractivity contribution in [3.63, 3.8) is 0 Å². The Kier molecular flexibility index (Phi) is 3.76. The van der Waals surface area contributed by atoms with E-state index in [9.17, 15) is 0 Å². The Hall–Kier alpha value is -0.410. The van der Waals surface area contributed by atoms with Gasteiger partial charge in [0.1, 0.15) is 0 Å². The van der Waals surface area contributed by atoms with Crippen LogP contribution in [0.25, 0.3) is 0 Å². The van der Waals surface area contributed by atoms with Crippen LogP contribution in [0.15, 0.2) is 11.6 Å². The standard InChI is InChI=1S/C12H20N2S/c1-9-4-2-3-5-10(9)11(8-13)12-14-6-7-15-12/h6-7,9-11H,2-5,8,13H2,1H3. The SMILES string of the molecule is CC1CCCCC1C(CN)c1nccs1. The zero-order chi connectivity index (χ0) is 10.7. The lowest BCUT2D eigenvalue weighted by atomic mass is 9.73. The van der Waals surface area contributed by atoms with Crippen LogP contribution >= 0.6 is 11.3 Å². The van der Waals surface area contributed by atoms with Gasteiger partial charge in [-0.05, 0) is 18.3 Å². The highest BCUT2D eigenvalue weighted by Crippen LogP contribution is 2.39. The molecule has 84 valence electrons. The minimum Gasteiger partial charge on any atom is -0.330 e. The minimum atomic E-state index is 0.500. The Bertz CT molecular complexity index is 284. The molecular weight excluding hydrogens is 204 g/mol. The first-order valence-electron chi connectivity index (χ1n) is 5.92. The second kappa shape index (κ2) is 5.08. The first kappa shape index (κ1) is 11.1. The summed E-state index contributed by atoms with van der Waals surface area (Å²) in [7, 11) is 0. The van der Waals surface area contributed by atoms with Gasteiger partial charge in [0.15, 0.2) is 0 Å².